The summed E-state index contributed by atoms with van der Waals surface area (Å²) in [6.45, 7) is 0. The molecule has 0 heterocycles. The molecule has 0 aliphatic heterocycles. The Labute approximate surface area is 114 Å². The molecule has 0 amide bonds. The highest BCUT2D eigenvalue weighted by Crippen LogP contribution is 2.39. The van der Waals surface area contributed by atoms with Gasteiger partial charge in [0.25, 0.3) is 0 Å². The van der Waals surface area contributed by atoms with Crippen molar-refractivity contribution in [2.24, 2.45) is 5.73 Å². The van der Waals surface area contributed by atoms with Crippen molar-refractivity contribution < 1.29 is 17.9 Å². The molecule has 0 aliphatic carbocycles. The van der Waals surface area contributed by atoms with E-state index in [9.17, 15) is 13.2 Å². The number of alkyl halides is 3. The predicted molar refractivity (Wildman–Crippen MR) is 70.7 cm³/mol. The maximum absolute atomic E-state index is 12.8. The molecule has 104 valence electrons. The Morgan fingerprint density at radius 1 is 1.11 bits per heavy atom. The summed E-state index contributed by atoms with van der Waals surface area (Å²) in [6.07, 6.45) is -4.50. The van der Waals surface area contributed by atoms with Crippen LogP contribution in [-0.2, 0) is 0 Å². The van der Waals surface area contributed by atoms with Crippen LogP contribution in [0.5, 0.6) is 5.75 Å². The minimum atomic E-state index is -4.50. The molecule has 0 radical (unpaired) electrons. The van der Waals surface area contributed by atoms with Crippen LogP contribution in [-0.4, -0.2) is 13.3 Å². The zero-order valence-corrected chi connectivity index (χ0v) is 10.9. The van der Waals surface area contributed by atoms with Crippen LogP contribution in [0.25, 0.3) is 10.8 Å². The summed E-state index contributed by atoms with van der Waals surface area (Å²) in [7, 11) is 1.33. The van der Waals surface area contributed by atoms with E-state index >= 15 is 0 Å². The van der Waals surface area contributed by atoms with Crippen LogP contribution in [0.2, 0.25) is 0 Å². The van der Waals surface area contributed by atoms with Crippen LogP contribution >= 0.6 is 12.4 Å². The maximum atomic E-state index is 12.8. The standard InChI is InChI=1S/C13H12F3NO.ClH/c1-18-10-7-6-8-4-2-3-5-9(8)11(10)12(17)13(14,15)16;/h2-7,12H,17H2,1H3;1H/t12-;/m0./s1. The van der Waals surface area contributed by atoms with E-state index in [4.69, 9.17) is 10.5 Å². The molecule has 0 bridgehead atoms. The van der Waals surface area contributed by atoms with Crippen LogP contribution in [0.3, 0.4) is 0 Å². The van der Waals surface area contributed by atoms with Crippen molar-refractivity contribution in [1.82, 2.24) is 0 Å². The van der Waals surface area contributed by atoms with Gasteiger partial charge in [0, 0.05) is 5.56 Å². The van der Waals surface area contributed by atoms with Gasteiger partial charge in [-0.25, -0.2) is 0 Å². The summed E-state index contributed by atoms with van der Waals surface area (Å²) >= 11 is 0. The van der Waals surface area contributed by atoms with Crippen molar-refractivity contribution in [1.29, 1.82) is 0 Å². The van der Waals surface area contributed by atoms with E-state index in [-0.39, 0.29) is 23.7 Å². The van der Waals surface area contributed by atoms with Gasteiger partial charge in [0.05, 0.1) is 7.11 Å². The molecule has 19 heavy (non-hydrogen) atoms. The molecular formula is C13H13ClF3NO. The molecule has 0 aliphatic rings. The first-order valence-electron chi connectivity index (χ1n) is 5.33. The van der Waals surface area contributed by atoms with Gasteiger partial charge in [-0.2, -0.15) is 13.2 Å². The van der Waals surface area contributed by atoms with Crippen molar-refractivity contribution >= 4 is 23.2 Å². The number of fused-ring (bicyclic) bond motifs is 1. The number of hydrogen-bond donors (Lipinski definition) is 1. The molecule has 2 rings (SSSR count). The number of ether oxygens (including phenoxy) is 1. The summed E-state index contributed by atoms with van der Waals surface area (Å²) < 4.78 is 43.4. The van der Waals surface area contributed by atoms with Gasteiger partial charge in [-0.05, 0) is 16.8 Å². The Morgan fingerprint density at radius 2 is 1.74 bits per heavy atom. The first-order valence-corrected chi connectivity index (χ1v) is 5.33. The third-order valence-electron chi connectivity index (χ3n) is 2.81. The minimum absolute atomic E-state index is 0. The van der Waals surface area contributed by atoms with E-state index in [1.54, 1.807) is 30.3 Å². The fourth-order valence-corrected chi connectivity index (χ4v) is 1.94. The van der Waals surface area contributed by atoms with Crippen molar-refractivity contribution in [2.45, 2.75) is 12.2 Å². The highest BCUT2D eigenvalue weighted by molar-refractivity contribution is 5.88. The first kappa shape index (κ1) is 15.6. The Hall–Kier alpha value is -1.46. The smallest absolute Gasteiger partial charge is 0.407 e. The van der Waals surface area contributed by atoms with Crippen molar-refractivity contribution in [3.05, 3.63) is 42.0 Å². The lowest BCUT2D eigenvalue weighted by molar-refractivity contribution is -0.149. The monoisotopic (exact) mass is 291 g/mol. The lowest BCUT2D eigenvalue weighted by Gasteiger charge is -2.20. The summed E-state index contributed by atoms with van der Waals surface area (Å²) in [5.41, 5.74) is 5.28. The SMILES string of the molecule is COc1ccc2ccccc2c1[C@H](N)C(F)(F)F.Cl. The maximum Gasteiger partial charge on any atom is 0.407 e. The normalized spacial score (nSPS) is 12.9. The van der Waals surface area contributed by atoms with Gasteiger partial charge >= 0.3 is 6.18 Å². The first-order chi connectivity index (χ1) is 8.45. The molecule has 2 nitrogen and oxygen atoms in total. The van der Waals surface area contributed by atoms with Crippen molar-refractivity contribution in [2.75, 3.05) is 7.11 Å². The molecular weight excluding hydrogens is 279 g/mol. The number of methoxy groups -OCH3 is 1. The summed E-state index contributed by atoms with van der Waals surface area (Å²) in [4.78, 5) is 0. The van der Waals surface area contributed by atoms with E-state index in [0.29, 0.717) is 10.8 Å². The minimum Gasteiger partial charge on any atom is -0.496 e. The highest BCUT2D eigenvalue weighted by atomic mass is 35.5. The lowest BCUT2D eigenvalue weighted by Crippen LogP contribution is -2.29. The van der Waals surface area contributed by atoms with Crippen LogP contribution in [0.15, 0.2) is 36.4 Å². The molecule has 0 unspecified atom stereocenters. The number of rotatable bonds is 2. The van der Waals surface area contributed by atoms with E-state index in [2.05, 4.69) is 0 Å². The van der Waals surface area contributed by atoms with Crippen molar-refractivity contribution in [3.63, 3.8) is 0 Å². The van der Waals surface area contributed by atoms with Gasteiger partial charge in [0.2, 0.25) is 0 Å². The summed E-state index contributed by atoms with van der Waals surface area (Å²) in [5.74, 6) is 0.151. The Kier molecular flexibility index (Phi) is 4.66. The van der Waals surface area contributed by atoms with Crippen LogP contribution in [0.1, 0.15) is 11.6 Å². The van der Waals surface area contributed by atoms with Gasteiger partial charge in [0.15, 0.2) is 0 Å². The fraction of sp³-hybridized carbons (Fsp3) is 0.231. The molecule has 0 aromatic heterocycles. The quantitative estimate of drug-likeness (QED) is 0.912. The number of halogens is 4. The molecule has 1 atom stereocenters. The average molecular weight is 292 g/mol. The largest absolute Gasteiger partial charge is 0.496 e. The third kappa shape index (κ3) is 2.93. The zero-order valence-electron chi connectivity index (χ0n) is 10.1. The molecule has 2 N–H and O–H groups in total. The zero-order chi connectivity index (χ0) is 13.3. The second-order valence-corrected chi connectivity index (χ2v) is 3.92. The van der Waals surface area contributed by atoms with Crippen molar-refractivity contribution in [3.8, 4) is 5.75 Å². The van der Waals surface area contributed by atoms with Gasteiger partial charge < -0.3 is 10.5 Å². The van der Waals surface area contributed by atoms with Gasteiger partial charge in [-0.1, -0.05) is 30.3 Å². The topological polar surface area (TPSA) is 35.2 Å². The van der Waals surface area contributed by atoms with Gasteiger partial charge in [0.1, 0.15) is 11.8 Å². The third-order valence-corrected chi connectivity index (χ3v) is 2.81. The predicted octanol–water partition coefficient (Wildman–Crippen LogP) is 3.83. The molecule has 0 spiro atoms. The van der Waals surface area contributed by atoms with E-state index in [1.165, 1.54) is 13.2 Å². The fourth-order valence-electron chi connectivity index (χ4n) is 1.94. The van der Waals surface area contributed by atoms with Crippen LogP contribution in [0.4, 0.5) is 13.2 Å². The van der Waals surface area contributed by atoms with E-state index < -0.39 is 12.2 Å². The van der Waals surface area contributed by atoms with Crippen LogP contribution in [0, 0.1) is 0 Å². The highest BCUT2D eigenvalue weighted by Gasteiger charge is 2.40. The number of nitrogens with two attached hydrogens (primary N) is 1. The molecule has 2 aromatic carbocycles. The number of benzene rings is 2. The average Bonchev–Trinajstić information content (AvgIpc) is 2.35. The summed E-state index contributed by atoms with van der Waals surface area (Å²) in [5, 5.41) is 1.16. The second-order valence-electron chi connectivity index (χ2n) is 3.92. The van der Waals surface area contributed by atoms with E-state index in [1.807, 2.05) is 0 Å². The van der Waals surface area contributed by atoms with Gasteiger partial charge in [-0.15, -0.1) is 12.4 Å². The molecule has 0 fully saturated rings. The second kappa shape index (κ2) is 5.67. The van der Waals surface area contributed by atoms with Gasteiger partial charge in [-0.3, -0.25) is 0 Å². The lowest BCUT2D eigenvalue weighted by atomic mass is 9.97. The molecule has 2 aromatic rings. The van der Waals surface area contributed by atoms with Crippen LogP contribution < -0.4 is 10.5 Å². The number of hydrogen-bond acceptors (Lipinski definition) is 2. The molecule has 0 saturated carbocycles. The summed E-state index contributed by atoms with van der Waals surface area (Å²) in [6, 6.07) is 7.94. The Bertz CT molecular complexity index is 571. The van der Waals surface area contributed by atoms with E-state index in [0.717, 1.165) is 0 Å². The molecule has 6 heteroatoms. The Balaban J connectivity index is 0.00000180. The molecule has 0 saturated heterocycles. The Morgan fingerprint density at radius 3 is 2.32 bits per heavy atom.